The van der Waals surface area contributed by atoms with Gasteiger partial charge in [0.05, 0.1) is 6.61 Å². The van der Waals surface area contributed by atoms with Crippen molar-refractivity contribution < 1.29 is 13.5 Å². The molecule has 6 nitrogen and oxygen atoms in total. The van der Waals surface area contributed by atoms with Crippen LogP contribution in [0.25, 0.3) is 33.0 Å². The van der Waals surface area contributed by atoms with Gasteiger partial charge in [-0.05, 0) is 74.0 Å². The Morgan fingerprint density at radius 3 is 2.55 bits per heavy atom. The molecule has 4 N–H and O–H groups in total. The summed E-state index contributed by atoms with van der Waals surface area (Å²) in [6.45, 7) is 0.676. The Balaban J connectivity index is 0.000000821. The minimum atomic E-state index is -0.684. The Kier molecular flexibility index (Phi) is 6.37. The lowest BCUT2D eigenvalue weighted by atomic mass is 9.96. The molecule has 2 aromatic heterocycles. The molecule has 33 heavy (non-hydrogen) atoms. The third-order valence-electron chi connectivity index (χ3n) is 5.39. The molecule has 0 aliphatic carbocycles. The van der Waals surface area contributed by atoms with Crippen molar-refractivity contribution in [2.75, 3.05) is 26.4 Å². The molecule has 0 atom stereocenters. The van der Waals surface area contributed by atoms with Crippen molar-refractivity contribution >= 4 is 16.6 Å². The zero-order valence-corrected chi connectivity index (χ0v) is 18.3. The number of nitrogens with zero attached hydrogens (tertiary/aromatic N) is 1. The number of nitrogen functional groups attached to an aromatic ring is 1. The van der Waals surface area contributed by atoms with Crippen molar-refractivity contribution in [1.29, 1.82) is 0 Å². The largest absolute Gasteiger partial charge is 0.493 e. The van der Waals surface area contributed by atoms with Crippen LogP contribution in [0.15, 0.2) is 53.5 Å². The number of aromatic amines is 1. The molecule has 1 aliphatic heterocycles. The topological polar surface area (TPSA) is 93.0 Å². The standard InChI is InChI=1S/C23H17F2N3O2.C2H7N/c24-19-11-27-23(29)15-5-3-13(9-18(15)19)17-10-16(21(25)28-22(17)26)12-4-6-20-14(8-12)2-1-7-30-20;1-3-2/h3-6,8-11H,1-2,7H2,(H2,26,28)(H,27,29);3H,1-2H3. The fourth-order valence-corrected chi connectivity index (χ4v) is 3.86. The molecule has 4 aromatic rings. The molecule has 0 fully saturated rings. The van der Waals surface area contributed by atoms with E-state index in [4.69, 9.17) is 10.5 Å². The second-order valence-corrected chi connectivity index (χ2v) is 7.76. The van der Waals surface area contributed by atoms with E-state index >= 15 is 0 Å². The average Bonchev–Trinajstić information content (AvgIpc) is 2.82. The lowest BCUT2D eigenvalue weighted by Crippen LogP contribution is -2.08. The SMILES string of the molecule is CNC.Nc1nc(F)c(-c2ccc3c(c2)CCCO3)cc1-c1ccc2c(=O)[nH]cc(F)c2c1. The molecular weight excluding hydrogens is 426 g/mol. The van der Waals surface area contributed by atoms with Gasteiger partial charge in [-0.1, -0.05) is 12.1 Å². The lowest BCUT2D eigenvalue weighted by molar-refractivity contribution is 0.288. The summed E-state index contributed by atoms with van der Waals surface area (Å²) in [6.07, 6.45) is 2.78. The number of ether oxygens (including phenoxy) is 1. The van der Waals surface area contributed by atoms with E-state index in [-0.39, 0.29) is 22.1 Å². The normalized spacial score (nSPS) is 12.5. The van der Waals surface area contributed by atoms with Gasteiger partial charge >= 0.3 is 0 Å². The zero-order chi connectivity index (χ0) is 23.5. The van der Waals surface area contributed by atoms with E-state index in [1.54, 1.807) is 18.2 Å². The van der Waals surface area contributed by atoms with Gasteiger partial charge in [-0.3, -0.25) is 4.79 Å². The molecule has 3 heterocycles. The van der Waals surface area contributed by atoms with Crippen LogP contribution in [-0.2, 0) is 6.42 Å². The van der Waals surface area contributed by atoms with E-state index in [2.05, 4.69) is 15.3 Å². The van der Waals surface area contributed by atoms with Crippen molar-refractivity contribution in [3.8, 4) is 28.0 Å². The number of hydrogen-bond donors (Lipinski definition) is 3. The summed E-state index contributed by atoms with van der Waals surface area (Å²) in [5, 5.41) is 3.13. The summed E-state index contributed by atoms with van der Waals surface area (Å²) in [7, 11) is 3.75. The number of anilines is 1. The highest BCUT2D eigenvalue weighted by molar-refractivity contribution is 5.89. The number of benzene rings is 2. The number of halogens is 2. The maximum atomic E-state index is 14.7. The van der Waals surface area contributed by atoms with Gasteiger partial charge in [0.1, 0.15) is 17.4 Å². The summed E-state index contributed by atoms with van der Waals surface area (Å²) < 4.78 is 34.6. The quantitative estimate of drug-likeness (QED) is 0.397. The summed E-state index contributed by atoms with van der Waals surface area (Å²) >= 11 is 0. The molecule has 0 bridgehead atoms. The zero-order valence-electron chi connectivity index (χ0n) is 18.3. The number of H-pyrrole nitrogens is 1. The molecule has 0 unspecified atom stereocenters. The highest BCUT2D eigenvalue weighted by Crippen LogP contribution is 2.35. The van der Waals surface area contributed by atoms with Crippen LogP contribution in [0.1, 0.15) is 12.0 Å². The van der Waals surface area contributed by atoms with Gasteiger partial charge in [-0.25, -0.2) is 9.37 Å². The van der Waals surface area contributed by atoms with Crippen LogP contribution in [0.3, 0.4) is 0 Å². The monoisotopic (exact) mass is 450 g/mol. The fraction of sp³-hybridized carbons (Fsp3) is 0.200. The fourth-order valence-electron chi connectivity index (χ4n) is 3.86. The van der Waals surface area contributed by atoms with Gasteiger partial charge in [0, 0.05) is 28.1 Å². The minimum absolute atomic E-state index is 0.0119. The van der Waals surface area contributed by atoms with Crippen molar-refractivity contribution in [2.24, 2.45) is 0 Å². The van der Waals surface area contributed by atoms with Gasteiger partial charge < -0.3 is 20.8 Å². The Labute approximate surface area is 189 Å². The van der Waals surface area contributed by atoms with E-state index in [9.17, 15) is 13.6 Å². The highest BCUT2D eigenvalue weighted by atomic mass is 19.1. The van der Waals surface area contributed by atoms with Crippen molar-refractivity contribution in [3.05, 3.63) is 76.3 Å². The number of nitrogens with one attached hydrogen (secondary N) is 2. The third kappa shape index (κ3) is 4.42. The molecule has 0 radical (unpaired) electrons. The molecule has 0 saturated carbocycles. The van der Waals surface area contributed by atoms with Gasteiger partial charge in [0.2, 0.25) is 5.95 Å². The van der Waals surface area contributed by atoms with Crippen LogP contribution in [0.4, 0.5) is 14.6 Å². The number of fused-ring (bicyclic) bond motifs is 2. The van der Waals surface area contributed by atoms with E-state index in [1.807, 2.05) is 26.2 Å². The minimum Gasteiger partial charge on any atom is -0.493 e. The third-order valence-corrected chi connectivity index (χ3v) is 5.39. The Morgan fingerprint density at radius 1 is 1.03 bits per heavy atom. The first-order valence-corrected chi connectivity index (χ1v) is 10.5. The number of aromatic nitrogens is 2. The molecule has 170 valence electrons. The van der Waals surface area contributed by atoms with Crippen LogP contribution < -0.4 is 21.3 Å². The predicted octanol–water partition coefficient (Wildman–Crippen LogP) is 4.28. The maximum absolute atomic E-state index is 14.7. The van der Waals surface area contributed by atoms with E-state index in [0.29, 0.717) is 28.9 Å². The Hall–Kier alpha value is -3.78. The first-order valence-electron chi connectivity index (χ1n) is 10.5. The van der Waals surface area contributed by atoms with Crippen molar-refractivity contribution in [1.82, 2.24) is 15.3 Å². The second kappa shape index (κ2) is 9.38. The van der Waals surface area contributed by atoms with E-state index < -0.39 is 11.8 Å². The van der Waals surface area contributed by atoms with Gasteiger partial charge in [0.15, 0.2) is 0 Å². The van der Waals surface area contributed by atoms with Gasteiger partial charge in [-0.15, -0.1) is 0 Å². The summed E-state index contributed by atoms with van der Waals surface area (Å²) in [4.78, 5) is 18.2. The Bertz CT molecular complexity index is 1390. The van der Waals surface area contributed by atoms with Crippen LogP contribution in [-0.4, -0.2) is 30.7 Å². The molecule has 0 amide bonds. The summed E-state index contributed by atoms with van der Waals surface area (Å²) in [6, 6.07) is 11.8. The highest BCUT2D eigenvalue weighted by Gasteiger charge is 2.17. The number of rotatable bonds is 2. The van der Waals surface area contributed by atoms with Crippen molar-refractivity contribution in [3.63, 3.8) is 0 Å². The number of pyridine rings is 2. The van der Waals surface area contributed by atoms with Crippen LogP contribution in [0.2, 0.25) is 0 Å². The van der Waals surface area contributed by atoms with Gasteiger partial charge in [-0.2, -0.15) is 4.39 Å². The van der Waals surface area contributed by atoms with Crippen LogP contribution in [0.5, 0.6) is 5.75 Å². The van der Waals surface area contributed by atoms with E-state index in [1.165, 1.54) is 12.1 Å². The summed E-state index contributed by atoms with van der Waals surface area (Å²) in [5.41, 5.74) is 8.57. The molecule has 5 rings (SSSR count). The number of hydrogen-bond acceptors (Lipinski definition) is 5. The smallest absolute Gasteiger partial charge is 0.256 e. The van der Waals surface area contributed by atoms with Crippen LogP contribution in [0, 0.1) is 11.8 Å². The molecule has 1 aliphatic rings. The first kappa shape index (κ1) is 22.4. The average molecular weight is 450 g/mol. The maximum Gasteiger partial charge on any atom is 0.256 e. The molecule has 0 saturated heterocycles. The van der Waals surface area contributed by atoms with Crippen LogP contribution >= 0.6 is 0 Å². The molecule has 0 spiro atoms. The number of nitrogens with two attached hydrogens (primary N) is 1. The summed E-state index contributed by atoms with van der Waals surface area (Å²) in [5.74, 6) is -0.447. The Morgan fingerprint density at radius 2 is 1.76 bits per heavy atom. The molecule has 2 aromatic carbocycles. The first-order chi connectivity index (χ1) is 15.9. The number of aryl methyl sites for hydroxylation is 1. The van der Waals surface area contributed by atoms with E-state index in [0.717, 1.165) is 30.4 Å². The molecule has 8 heteroatoms. The molecular formula is C25H24F2N4O2. The lowest BCUT2D eigenvalue weighted by Gasteiger charge is -2.18. The van der Waals surface area contributed by atoms with Crippen molar-refractivity contribution in [2.45, 2.75) is 12.8 Å². The second-order valence-electron chi connectivity index (χ2n) is 7.76. The van der Waals surface area contributed by atoms with Gasteiger partial charge in [0.25, 0.3) is 5.56 Å². The predicted molar refractivity (Wildman–Crippen MR) is 126 cm³/mol.